The molecular weight excluding hydrogens is 212 g/mol. The summed E-state index contributed by atoms with van der Waals surface area (Å²) in [4.78, 5) is 11.7. The zero-order valence-electron chi connectivity index (χ0n) is 10.5. The van der Waals surface area contributed by atoms with Gasteiger partial charge in [0.1, 0.15) is 0 Å². The van der Waals surface area contributed by atoms with Gasteiger partial charge in [-0.2, -0.15) is 0 Å². The van der Waals surface area contributed by atoms with Crippen molar-refractivity contribution in [2.24, 2.45) is 0 Å². The Balaban J connectivity index is 1.80. The van der Waals surface area contributed by atoms with E-state index in [1.165, 1.54) is 18.4 Å². The second-order valence-electron chi connectivity index (χ2n) is 4.86. The molecule has 1 aliphatic carbocycles. The maximum atomic E-state index is 11.7. The summed E-state index contributed by atoms with van der Waals surface area (Å²) in [5, 5.41) is 6.21. The van der Waals surface area contributed by atoms with E-state index in [4.69, 9.17) is 0 Å². The van der Waals surface area contributed by atoms with Crippen LogP contribution in [0.5, 0.6) is 0 Å². The highest BCUT2D eigenvalue weighted by Crippen LogP contribution is 2.18. The van der Waals surface area contributed by atoms with E-state index in [1.807, 2.05) is 6.92 Å². The summed E-state index contributed by atoms with van der Waals surface area (Å²) in [5.41, 5.74) is 2.39. The van der Waals surface area contributed by atoms with Crippen LogP contribution < -0.4 is 10.6 Å². The zero-order chi connectivity index (χ0) is 12.3. The molecule has 2 N–H and O–H groups in total. The summed E-state index contributed by atoms with van der Waals surface area (Å²) < 4.78 is 0. The lowest BCUT2D eigenvalue weighted by Crippen LogP contribution is -2.36. The Hall–Kier alpha value is -1.35. The molecule has 1 unspecified atom stereocenters. The smallest absolute Gasteiger partial charge is 0.234 e. The first kappa shape index (κ1) is 12.1. The van der Waals surface area contributed by atoms with Gasteiger partial charge in [0.25, 0.3) is 0 Å². The lowest BCUT2D eigenvalue weighted by atomic mass is 10.1. The molecule has 0 bridgehead atoms. The van der Waals surface area contributed by atoms with Gasteiger partial charge in [0, 0.05) is 6.04 Å². The number of rotatable bonds is 5. The molecule has 1 aromatic carbocycles. The highest BCUT2D eigenvalue weighted by Gasteiger charge is 2.21. The number of carbonyl (C=O) groups excluding carboxylic acids is 1. The van der Waals surface area contributed by atoms with Gasteiger partial charge in [-0.25, -0.2) is 0 Å². The SMILES string of the molecule is Cc1ccc(C(C)NC(=O)CNC2CC2)cc1. The molecule has 17 heavy (non-hydrogen) atoms. The third kappa shape index (κ3) is 3.86. The highest BCUT2D eigenvalue weighted by atomic mass is 16.1. The predicted octanol–water partition coefficient (Wildman–Crippen LogP) is 1.92. The minimum Gasteiger partial charge on any atom is -0.348 e. The van der Waals surface area contributed by atoms with Gasteiger partial charge in [-0.3, -0.25) is 4.79 Å². The summed E-state index contributed by atoms with van der Waals surface area (Å²) in [6.07, 6.45) is 2.42. The van der Waals surface area contributed by atoms with Gasteiger partial charge in [0.2, 0.25) is 5.91 Å². The van der Waals surface area contributed by atoms with Crippen LogP contribution in [-0.4, -0.2) is 18.5 Å². The Bertz CT molecular complexity index is 382. The molecule has 0 heterocycles. The van der Waals surface area contributed by atoms with Gasteiger partial charge in [-0.15, -0.1) is 0 Å². The number of carbonyl (C=O) groups is 1. The first-order valence-corrected chi connectivity index (χ1v) is 6.24. The fourth-order valence-electron chi connectivity index (χ4n) is 1.76. The maximum Gasteiger partial charge on any atom is 0.234 e. The monoisotopic (exact) mass is 232 g/mol. The number of aryl methyl sites for hydroxylation is 1. The molecule has 0 radical (unpaired) electrons. The van der Waals surface area contributed by atoms with Crippen molar-refractivity contribution in [3.8, 4) is 0 Å². The highest BCUT2D eigenvalue weighted by molar-refractivity contribution is 5.78. The minimum atomic E-state index is 0.0732. The molecule has 3 heteroatoms. The summed E-state index contributed by atoms with van der Waals surface area (Å²) >= 11 is 0. The van der Waals surface area contributed by atoms with Crippen LogP contribution in [0.15, 0.2) is 24.3 Å². The quantitative estimate of drug-likeness (QED) is 0.814. The minimum absolute atomic E-state index is 0.0732. The number of hydrogen-bond donors (Lipinski definition) is 2. The van der Waals surface area contributed by atoms with Crippen molar-refractivity contribution in [1.29, 1.82) is 0 Å². The number of hydrogen-bond acceptors (Lipinski definition) is 2. The number of amides is 1. The zero-order valence-corrected chi connectivity index (χ0v) is 10.5. The predicted molar refractivity (Wildman–Crippen MR) is 68.8 cm³/mol. The van der Waals surface area contributed by atoms with Crippen molar-refractivity contribution in [3.63, 3.8) is 0 Å². The lowest BCUT2D eigenvalue weighted by molar-refractivity contribution is -0.120. The van der Waals surface area contributed by atoms with E-state index in [9.17, 15) is 4.79 Å². The lowest BCUT2D eigenvalue weighted by Gasteiger charge is -2.14. The normalized spacial score (nSPS) is 16.6. The molecule has 1 aliphatic rings. The van der Waals surface area contributed by atoms with Gasteiger partial charge < -0.3 is 10.6 Å². The van der Waals surface area contributed by atoms with Crippen molar-refractivity contribution >= 4 is 5.91 Å². The van der Waals surface area contributed by atoms with Gasteiger partial charge in [0.05, 0.1) is 12.6 Å². The van der Waals surface area contributed by atoms with Crippen LogP contribution in [0, 0.1) is 6.92 Å². The van der Waals surface area contributed by atoms with E-state index >= 15 is 0 Å². The standard InChI is InChI=1S/C14H20N2O/c1-10-3-5-12(6-4-10)11(2)16-14(17)9-15-13-7-8-13/h3-6,11,13,15H,7-9H2,1-2H3,(H,16,17). The van der Waals surface area contributed by atoms with E-state index in [1.54, 1.807) is 0 Å². The first-order chi connectivity index (χ1) is 8.15. The maximum absolute atomic E-state index is 11.7. The molecule has 3 nitrogen and oxygen atoms in total. The van der Waals surface area contributed by atoms with Crippen LogP contribution in [0.1, 0.15) is 36.9 Å². The Labute approximate surface area is 103 Å². The summed E-state index contributed by atoms with van der Waals surface area (Å²) in [7, 11) is 0. The summed E-state index contributed by atoms with van der Waals surface area (Å²) in [5.74, 6) is 0.0741. The third-order valence-corrected chi connectivity index (χ3v) is 3.08. The van der Waals surface area contributed by atoms with Crippen LogP contribution in [0.25, 0.3) is 0 Å². The van der Waals surface area contributed by atoms with Crippen LogP contribution in [-0.2, 0) is 4.79 Å². The molecular formula is C14H20N2O. The summed E-state index contributed by atoms with van der Waals surface area (Å²) in [6, 6.07) is 8.92. The van der Waals surface area contributed by atoms with E-state index in [0.29, 0.717) is 12.6 Å². The number of benzene rings is 1. The Morgan fingerprint density at radius 1 is 1.35 bits per heavy atom. The van der Waals surface area contributed by atoms with E-state index < -0.39 is 0 Å². The van der Waals surface area contributed by atoms with Gasteiger partial charge in [-0.05, 0) is 32.3 Å². The van der Waals surface area contributed by atoms with Crippen molar-refractivity contribution < 1.29 is 4.79 Å². The van der Waals surface area contributed by atoms with Crippen LogP contribution in [0.2, 0.25) is 0 Å². The van der Waals surface area contributed by atoms with Crippen LogP contribution >= 0.6 is 0 Å². The van der Waals surface area contributed by atoms with Gasteiger partial charge in [-0.1, -0.05) is 29.8 Å². The molecule has 0 aliphatic heterocycles. The van der Waals surface area contributed by atoms with E-state index in [-0.39, 0.29) is 11.9 Å². The van der Waals surface area contributed by atoms with E-state index in [0.717, 1.165) is 5.56 Å². The number of nitrogens with one attached hydrogen (secondary N) is 2. The molecule has 2 rings (SSSR count). The van der Waals surface area contributed by atoms with Crippen LogP contribution in [0.4, 0.5) is 0 Å². The average molecular weight is 232 g/mol. The summed E-state index contributed by atoms with van der Waals surface area (Å²) in [6.45, 7) is 4.51. The Morgan fingerprint density at radius 2 is 2.00 bits per heavy atom. The largest absolute Gasteiger partial charge is 0.348 e. The second-order valence-corrected chi connectivity index (χ2v) is 4.86. The average Bonchev–Trinajstić information content (AvgIpc) is 3.11. The van der Waals surface area contributed by atoms with Crippen molar-refractivity contribution in [2.75, 3.05) is 6.54 Å². The second kappa shape index (κ2) is 5.32. The molecule has 0 spiro atoms. The molecule has 0 aromatic heterocycles. The molecule has 1 amide bonds. The van der Waals surface area contributed by atoms with Crippen molar-refractivity contribution in [1.82, 2.24) is 10.6 Å². The molecule has 1 atom stereocenters. The van der Waals surface area contributed by atoms with Crippen molar-refractivity contribution in [3.05, 3.63) is 35.4 Å². The molecule has 0 saturated heterocycles. The molecule has 1 fully saturated rings. The fourth-order valence-corrected chi connectivity index (χ4v) is 1.76. The first-order valence-electron chi connectivity index (χ1n) is 6.24. The molecule has 92 valence electrons. The Morgan fingerprint density at radius 3 is 2.59 bits per heavy atom. The molecule has 1 saturated carbocycles. The van der Waals surface area contributed by atoms with Gasteiger partial charge >= 0.3 is 0 Å². The van der Waals surface area contributed by atoms with E-state index in [2.05, 4.69) is 41.8 Å². The fraction of sp³-hybridized carbons (Fsp3) is 0.500. The Kier molecular flexibility index (Phi) is 3.79. The van der Waals surface area contributed by atoms with Crippen molar-refractivity contribution in [2.45, 2.75) is 38.8 Å². The topological polar surface area (TPSA) is 41.1 Å². The molecule has 1 aromatic rings. The van der Waals surface area contributed by atoms with Crippen LogP contribution in [0.3, 0.4) is 0 Å². The van der Waals surface area contributed by atoms with Gasteiger partial charge in [0.15, 0.2) is 0 Å². The third-order valence-electron chi connectivity index (χ3n) is 3.08.